The summed E-state index contributed by atoms with van der Waals surface area (Å²) in [6, 6.07) is 26.9. The molecule has 0 aliphatic rings. The fourth-order valence-corrected chi connectivity index (χ4v) is 7.40. The quantitative estimate of drug-likeness (QED) is 0.0680. The zero-order chi connectivity index (χ0) is 43.5. The largest absolute Gasteiger partial charge is 0 e. The maximum Gasteiger partial charge on any atom is 0 e. The minimum Gasteiger partial charge on any atom is 0 e. The summed E-state index contributed by atoms with van der Waals surface area (Å²) in [6.45, 7) is 25.4. The van der Waals surface area contributed by atoms with Crippen LogP contribution in [0.15, 0.2) is 94.9 Å². The summed E-state index contributed by atoms with van der Waals surface area (Å²) in [5.74, 6) is 1.84. The van der Waals surface area contributed by atoms with Crippen molar-refractivity contribution in [2.24, 2.45) is 9.98 Å². The zero-order valence-corrected chi connectivity index (χ0v) is 39.2. The first-order valence-corrected chi connectivity index (χ1v) is 27.3. The third kappa shape index (κ3) is 17.7. The second-order valence-corrected chi connectivity index (χ2v) is 28.7. The molecule has 0 fully saturated rings. The first-order chi connectivity index (χ1) is 25.6. The van der Waals surface area contributed by atoms with E-state index in [0.717, 1.165) is 33.8 Å². The molecule has 16 heteroatoms. The zero-order valence-electron chi connectivity index (χ0n) is 35.1. The van der Waals surface area contributed by atoms with Crippen molar-refractivity contribution in [3.05, 3.63) is 118 Å². The average Bonchev–Trinajstić information content (AvgIpc) is 3.01. The molecule has 0 spiro atoms. The van der Waals surface area contributed by atoms with E-state index in [0.29, 0.717) is 11.1 Å². The van der Waals surface area contributed by atoms with Gasteiger partial charge >= 0.3 is 33.0 Å². The monoisotopic (exact) mass is 908 g/mol. The SMILES string of the molecule is CC(C)(C)c1cc(O[Si](C)(C)C)cc(C=NC(c2ccccc2)C(N=Cc2cc(O[Si](C)(C)C)cc(C(C)(C)C)c2O)c2ccccc2)c1O.F[P-](F)(F)(F)(F)F.[Mn]. The van der Waals surface area contributed by atoms with Gasteiger partial charge in [0, 0.05) is 51.8 Å². The summed E-state index contributed by atoms with van der Waals surface area (Å²) >= 11 is 0. The van der Waals surface area contributed by atoms with Gasteiger partial charge < -0.3 is 19.1 Å². The van der Waals surface area contributed by atoms with Gasteiger partial charge in [0.1, 0.15) is 35.1 Å². The van der Waals surface area contributed by atoms with Crippen molar-refractivity contribution in [1.29, 1.82) is 0 Å². The molecular formula is C42H56F6MnN2O4PSi2-. The maximum atomic E-state index is 11.6. The van der Waals surface area contributed by atoms with E-state index < -0.39 is 36.5 Å². The fourth-order valence-electron chi connectivity index (χ4n) is 5.75. The van der Waals surface area contributed by atoms with Crippen LogP contribution in [0.5, 0.6) is 23.0 Å². The minimum atomic E-state index is -10.7. The smallest absolute Gasteiger partial charge is 0 e. The van der Waals surface area contributed by atoms with Crippen LogP contribution in [0.1, 0.15) is 87.0 Å². The van der Waals surface area contributed by atoms with Crippen molar-refractivity contribution in [1.82, 2.24) is 0 Å². The van der Waals surface area contributed by atoms with Crippen molar-refractivity contribution >= 4 is 36.9 Å². The number of aromatic hydroxyl groups is 2. The van der Waals surface area contributed by atoms with Crippen LogP contribution in [0.4, 0.5) is 25.2 Å². The van der Waals surface area contributed by atoms with Gasteiger partial charge in [-0.15, -0.1) is 0 Å². The Morgan fingerprint density at radius 2 is 0.828 bits per heavy atom. The molecule has 0 heterocycles. The van der Waals surface area contributed by atoms with Crippen LogP contribution >= 0.6 is 7.81 Å². The molecule has 2 N–H and O–H groups in total. The molecule has 0 saturated heterocycles. The van der Waals surface area contributed by atoms with Gasteiger partial charge in [0.2, 0.25) is 16.6 Å². The summed E-state index contributed by atoms with van der Waals surface area (Å²) in [7, 11) is -14.5. The Bertz CT molecular complexity index is 1920. The number of hydrogen-bond donors (Lipinski definition) is 2. The second kappa shape index (κ2) is 17.5. The predicted octanol–water partition coefficient (Wildman–Crippen LogP) is 14.5. The summed E-state index contributed by atoms with van der Waals surface area (Å²) < 4.78 is 72.0. The van der Waals surface area contributed by atoms with Crippen molar-refractivity contribution in [2.75, 3.05) is 0 Å². The van der Waals surface area contributed by atoms with E-state index in [-0.39, 0.29) is 39.4 Å². The van der Waals surface area contributed by atoms with Gasteiger partial charge in [0.25, 0.3) is 0 Å². The van der Waals surface area contributed by atoms with E-state index in [1.165, 1.54) is 0 Å². The van der Waals surface area contributed by atoms with Crippen LogP contribution < -0.4 is 8.85 Å². The molecule has 4 aromatic carbocycles. The molecule has 2 atom stereocenters. The second-order valence-electron chi connectivity index (χ2n) is 18.0. The summed E-state index contributed by atoms with van der Waals surface area (Å²) in [6.07, 6.45) is 3.50. The van der Waals surface area contributed by atoms with Gasteiger partial charge in [-0.2, -0.15) is 0 Å². The van der Waals surface area contributed by atoms with E-state index in [1.54, 1.807) is 12.4 Å². The Morgan fingerprint density at radius 1 is 0.552 bits per heavy atom. The Morgan fingerprint density at radius 3 is 1.07 bits per heavy atom. The Labute approximate surface area is 351 Å². The topological polar surface area (TPSA) is 83.6 Å². The van der Waals surface area contributed by atoms with Crippen molar-refractivity contribution in [3.63, 3.8) is 0 Å². The van der Waals surface area contributed by atoms with Crippen LogP contribution in [-0.4, -0.2) is 39.3 Å². The van der Waals surface area contributed by atoms with Crippen molar-refractivity contribution in [2.45, 2.75) is 104 Å². The number of aliphatic imine (C=N–C) groups is 2. The molecule has 58 heavy (non-hydrogen) atoms. The third-order valence-corrected chi connectivity index (χ3v) is 9.72. The molecule has 0 amide bonds. The molecule has 321 valence electrons. The molecule has 0 bridgehead atoms. The summed E-state index contributed by atoms with van der Waals surface area (Å²) in [5, 5.41) is 23.1. The van der Waals surface area contributed by atoms with Gasteiger partial charge in [0.05, 0.1) is 0 Å². The molecule has 4 aromatic rings. The Balaban J connectivity index is 0.00000133. The van der Waals surface area contributed by atoms with Crippen LogP contribution in [0, 0.1) is 0 Å². The normalized spacial score (nSPS) is 15.1. The number of halogens is 6. The average molecular weight is 909 g/mol. The van der Waals surface area contributed by atoms with Crippen LogP contribution in [0.25, 0.3) is 0 Å². The van der Waals surface area contributed by atoms with Crippen LogP contribution in [0.2, 0.25) is 39.3 Å². The van der Waals surface area contributed by atoms with Gasteiger partial charge in [-0.3, -0.25) is 9.98 Å². The molecule has 0 aliphatic carbocycles. The number of phenolic OH excluding ortho intramolecular Hbond substituents is 2. The maximum absolute atomic E-state index is 11.6. The number of nitrogens with zero attached hydrogens (tertiary/aromatic N) is 2. The van der Waals surface area contributed by atoms with E-state index >= 15 is 0 Å². The molecule has 0 saturated carbocycles. The molecule has 2 unspecified atom stereocenters. The van der Waals surface area contributed by atoms with E-state index in [2.05, 4.69) is 105 Å². The van der Waals surface area contributed by atoms with Gasteiger partial charge in [-0.1, -0.05) is 102 Å². The van der Waals surface area contributed by atoms with E-state index in [4.69, 9.17) is 18.8 Å². The number of phenols is 2. The standard InChI is InChI=1S/C42H56N2O4Si2.F6P.Mn/c1-41(2,3)35-25-33(47-49(7,8)9)23-31(39(35)45)27-43-37(29-19-15-13-16-20-29)38(30-21-17-14-18-22-30)44-28-32-24-34(48-50(10,11)12)26-36(40(32)46)42(4,5)6;1-7(2,3,4,5)6;/h13-28,37-38,45-46H,1-12H3;;/q;-1;. The van der Waals surface area contributed by atoms with E-state index in [9.17, 15) is 35.4 Å². The van der Waals surface area contributed by atoms with Gasteiger partial charge in [-0.25, -0.2) is 0 Å². The van der Waals surface area contributed by atoms with Gasteiger partial charge in [-0.05, 0) is 85.5 Å². The first-order valence-electron chi connectivity index (χ1n) is 18.4. The molecule has 0 aromatic heterocycles. The van der Waals surface area contributed by atoms with Crippen LogP contribution in [-0.2, 0) is 27.9 Å². The summed E-state index contributed by atoms with van der Waals surface area (Å²) in [4.78, 5) is 10.4. The van der Waals surface area contributed by atoms with E-state index in [1.807, 2.05) is 60.7 Å². The fraction of sp³-hybridized carbons (Fsp3) is 0.381. The van der Waals surface area contributed by atoms with Crippen molar-refractivity contribution in [3.8, 4) is 23.0 Å². The minimum absolute atomic E-state index is 0. The molecule has 6 nitrogen and oxygen atoms in total. The predicted molar refractivity (Wildman–Crippen MR) is 229 cm³/mol. The molecule has 0 aliphatic heterocycles. The summed E-state index contributed by atoms with van der Waals surface area (Å²) in [5.41, 5.74) is 4.08. The first kappa shape index (κ1) is 50.5. The van der Waals surface area contributed by atoms with Crippen LogP contribution in [0.3, 0.4) is 0 Å². The molecular weight excluding hydrogens is 853 g/mol. The molecule has 1 radical (unpaired) electrons. The van der Waals surface area contributed by atoms with Gasteiger partial charge in [0.15, 0.2) is 0 Å². The van der Waals surface area contributed by atoms with Crippen molar-refractivity contribution < 1.29 is 61.3 Å². The number of hydrogen-bond acceptors (Lipinski definition) is 6. The number of benzene rings is 4. The third-order valence-electron chi connectivity index (χ3n) is 8.02. The molecule has 4 rings (SSSR count). The Kier molecular flexibility index (Phi) is 15.3. The Hall–Kier alpha value is -3.62. The number of rotatable bonds is 11.